The summed E-state index contributed by atoms with van der Waals surface area (Å²) in [6.45, 7) is 4.19. The first-order valence-corrected chi connectivity index (χ1v) is 6.19. The van der Waals surface area contributed by atoms with E-state index >= 15 is 0 Å². The number of aryl methyl sites for hydroxylation is 1. The first kappa shape index (κ1) is 14.6. The molecule has 2 aromatic rings. The molecule has 6 heteroatoms. The minimum absolute atomic E-state index is 0.0747. The third-order valence-corrected chi connectivity index (χ3v) is 3.00. The Morgan fingerprint density at radius 1 is 1.25 bits per heavy atom. The van der Waals surface area contributed by atoms with Gasteiger partial charge in [-0.3, -0.25) is 0 Å². The van der Waals surface area contributed by atoms with Gasteiger partial charge in [-0.1, -0.05) is 17.3 Å². The molecule has 0 fully saturated rings. The van der Waals surface area contributed by atoms with Gasteiger partial charge in [-0.05, 0) is 31.5 Å². The van der Waals surface area contributed by atoms with E-state index < -0.39 is 11.7 Å². The van der Waals surface area contributed by atoms with Crippen LogP contribution in [0.5, 0.6) is 0 Å². The van der Waals surface area contributed by atoms with Gasteiger partial charge in [0.2, 0.25) is 0 Å². The summed E-state index contributed by atoms with van der Waals surface area (Å²) >= 11 is 0. The van der Waals surface area contributed by atoms with Crippen LogP contribution in [0.3, 0.4) is 0 Å². The lowest BCUT2D eigenvalue weighted by Crippen LogP contribution is -2.18. The van der Waals surface area contributed by atoms with Crippen LogP contribution in [0.2, 0.25) is 0 Å². The monoisotopic (exact) mass is 284 g/mol. The highest BCUT2D eigenvalue weighted by molar-refractivity contribution is 5.26. The summed E-state index contributed by atoms with van der Waals surface area (Å²) in [5.41, 5.74) is 0.917. The summed E-state index contributed by atoms with van der Waals surface area (Å²) in [6.07, 6.45) is -4.30. The fourth-order valence-corrected chi connectivity index (χ4v) is 1.84. The fourth-order valence-electron chi connectivity index (χ4n) is 1.84. The Hall–Kier alpha value is -1.82. The van der Waals surface area contributed by atoms with Gasteiger partial charge in [-0.25, -0.2) is 0 Å². The molecule has 0 aliphatic carbocycles. The zero-order valence-electron chi connectivity index (χ0n) is 11.2. The van der Waals surface area contributed by atoms with Gasteiger partial charge in [0.15, 0.2) is 0 Å². The second-order valence-corrected chi connectivity index (χ2v) is 4.65. The first-order valence-electron chi connectivity index (χ1n) is 6.19. The van der Waals surface area contributed by atoms with Crippen molar-refractivity contribution in [2.45, 2.75) is 32.6 Å². The van der Waals surface area contributed by atoms with Crippen molar-refractivity contribution >= 4 is 0 Å². The van der Waals surface area contributed by atoms with Gasteiger partial charge in [0.25, 0.3) is 0 Å². The highest BCUT2D eigenvalue weighted by atomic mass is 19.4. The van der Waals surface area contributed by atoms with Gasteiger partial charge in [0, 0.05) is 18.7 Å². The molecule has 0 spiro atoms. The molecule has 3 nitrogen and oxygen atoms in total. The van der Waals surface area contributed by atoms with E-state index in [1.165, 1.54) is 12.1 Å². The smallest absolute Gasteiger partial charge is 0.361 e. The predicted molar refractivity (Wildman–Crippen MR) is 67.9 cm³/mol. The molecule has 0 aliphatic rings. The van der Waals surface area contributed by atoms with Crippen molar-refractivity contribution in [1.29, 1.82) is 0 Å². The second kappa shape index (κ2) is 5.66. The number of alkyl halides is 3. The van der Waals surface area contributed by atoms with E-state index in [0.717, 1.165) is 29.2 Å². The molecule has 108 valence electrons. The molecule has 1 aromatic carbocycles. The van der Waals surface area contributed by atoms with Crippen LogP contribution in [-0.2, 0) is 12.7 Å². The number of rotatable bonds is 4. The number of hydrogen-bond acceptors (Lipinski definition) is 3. The Bertz CT molecular complexity index is 561. The Morgan fingerprint density at radius 2 is 1.90 bits per heavy atom. The van der Waals surface area contributed by atoms with Crippen molar-refractivity contribution in [3.05, 3.63) is 52.9 Å². The molecule has 1 atom stereocenters. The van der Waals surface area contributed by atoms with Crippen LogP contribution >= 0.6 is 0 Å². The minimum Gasteiger partial charge on any atom is -0.361 e. The molecule has 1 heterocycles. The number of nitrogens with zero attached hydrogens (tertiary/aromatic N) is 1. The van der Waals surface area contributed by atoms with Crippen LogP contribution in [-0.4, -0.2) is 5.16 Å². The molecule has 1 N–H and O–H groups in total. The molecule has 2 rings (SSSR count). The van der Waals surface area contributed by atoms with Gasteiger partial charge >= 0.3 is 6.18 Å². The summed E-state index contributed by atoms with van der Waals surface area (Å²) < 4.78 is 42.3. The topological polar surface area (TPSA) is 38.1 Å². The van der Waals surface area contributed by atoms with E-state index in [9.17, 15) is 13.2 Å². The number of nitrogens with one attached hydrogen (secondary N) is 1. The predicted octanol–water partition coefficient (Wildman–Crippen LogP) is 3.85. The molecule has 0 saturated carbocycles. The average molecular weight is 284 g/mol. The van der Waals surface area contributed by atoms with Crippen molar-refractivity contribution in [1.82, 2.24) is 10.5 Å². The third-order valence-electron chi connectivity index (χ3n) is 3.00. The fraction of sp³-hybridized carbons (Fsp3) is 0.357. The van der Waals surface area contributed by atoms with Crippen molar-refractivity contribution in [2.24, 2.45) is 0 Å². The maximum atomic E-state index is 12.5. The second-order valence-electron chi connectivity index (χ2n) is 4.65. The summed E-state index contributed by atoms with van der Waals surface area (Å²) in [5.74, 6) is 0.726. The van der Waals surface area contributed by atoms with Crippen molar-refractivity contribution < 1.29 is 17.7 Å². The maximum absolute atomic E-state index is 12.5. The van der Waals surface area contributed by atoms with E-state index in [4.69, 9.17) is 4.52 Å². The lowest BCUT2D eigenvalue weighted by Gasteiger charge is -2.14. The SMILES string of the molecule is Cc1cc(CNC(C)c2ccc(C(F)(F)F)cc2)no1. The third kappa shape index (κ3) is 3.60. The number of hydrogen-bond donors (Lipinski definition) is 1. The Kier molecular flexibility index (Phi) is 4.13. The molecule has 20 heavy (non-hydrogen) atoms. The zero-order valence-corrected chi connectivity index (χ0v) is 11.2. The summed E-state index contributed by atoms with van der Waals surface area (Å²) in [5, 5.41) is 7.02. The average Bonchev–Trinajstić information content (AvgIpc) is 2.81. The van der Waals surface area contributed by atoms with Gasteiger partial charge in [-0.2, -0.15) is 13.2 Å². The number of aromatic nitrogens is 1. The quantitative estimate of drug-likeness (QED) is 0.926. The van der Waals surface area contributed by atoms with Gasteiger partial charge in [0.1, 0.15) is 5.76 Å². The van der Waals surface area contributed by atoms with Crippen molar-refractivity contribution in [3.8, 4) is 0 Å². The van der Waals surface area contributed by atoms with Gasteiger partial charge < -0.3 is 9.84 Å². The van der Waals surface area contributed by atoms with E-state index in [-0.39, 0.29) is 6.04 Å². The van der Waals surface area contributed by atoms with Crippen LogP contribution in [0, 0.1) is 6.92 Å². The molecule has 0 bridgehead atoms. The van der Waals surface area contributed by atoms with Crippen LogP contribution in [0.1, 0.15) is 35.5 Å². The summed E-state index contributed by atoms with van der Waals surface area (Å²) in [6, 6.07) is 6.88. The van der Waals surface area contributed by atoms with E-state index in [2.05, 4.69) is 10.5 Å². The lowest BCUT2D eigenvalue weighted by atomic mass is 10.1. The lowest BCUT2D eigenvalue weighted by molar-refractivity contribution is -0.137. The standard InChI is InChI=1S/C14H15F3N2O/c1-9-7-13(19-20-9)8-18-10(2)11-3-5-12(6-4-11)14(15,16)17/h3-7,10,18H,8H2,1-2H3. The van der Waals surface area contributed by atoms with E-state index in [0.29, 0.717) is 6.54 Å². The van der Waals surface area contributed by atoms with Crippen LogP contribution in [0.4, 0.5) is 13.2 Å². The number of halogens is 3. The molecule has 0 amide bonds. The van der Waals surface area contributed by atoms with E-state index in [1.807, 2.05) is 13.0 Å². The maximum Gasteiger partial charge on any atom is 0.416 e. The normalized spacial score (nSPS) is 13.4. The molecule has 0 saturated heterocycles. The first-order chi connectivity index (χ1) is 9.36. The Morgan fingerprint density at radius 3 is 2.40 bits per heavy atom. The highest BCUT2D eigenvalue weighted by Gasteiger charge is 2.30. The van der Waals surface area contributed by atoms with Crippen LogP contribution in [0.15, 0.2) is 34.9 Å². The minimum atomic E-state index is -4.30. The van der Waals surface area contributed by atoms with Gasteiger partial charge in [0.05, 0.1) is 11.3 Å². The van der Waals surface area contributed by atoms with Gasteiger partial charge in [-0.15, -0.1) is 0 Å². The summed E-state index contributed by atoms with van der Waals surface area (Å²) in [4.78, 5) is 0. The van der Waals surface area contributed by atoms with Crippen LogP contribution in [0.25, 0.3) is 0 Å². The van der Waals surface area contributed by atoms with Crippen molar-refractivity contribution in [3.63, 3.8) is 0 Å². The summed E-state index contributed by atoms with van der Waals surface area (Å²) in [7, 11) is 0. The molecule has 0 radical (unpaired) electrons. The molecule has 1 unspecified atom stereocenters. The molecular formula is C14H15F3N2O. The van der Waals surface area contributed by atoms with Crippen molar-refractivity contribution in [2.75, 3.05) is 0 Å². The number of benzene rings is 1. The van der Waals surface area contributed by atoms with Crippen LogP contribution < -0.4 is 5.32 Å². The molecule has 1 aromatic heterocycles. The molecular weight excluding hydrogens is 269 g/mol. The Balaban J connectivity index is 1.97. The zero-order chi connectivity index (χ0) is 14.8. The highest BCUT2D eigenvalue weighted by Crippen LogP contribution is 2.29. The van der Waals surface area contributed by atoms with E-state index in [1.54, 1.807) is 6.92 Å². The molecule has 0 aliphatic heterocycles. The largest absolute Gasteiger partial charge is 0.416 e. The Labute approximate surface area is 114 Å².